The maximum absolute atomic E-state index is 13.0. The fraction of sp³-hybridized carbons (Fsp3) is 0.176. The van der Waals surface area contributed by atoms with Crippen LogP contribution >= 0.6 is 0 Å². The van der Waals surface area contributed by atoms with Gasteiger partial charge in [-0.05, 0) is 48.7 Å². The number of carbonyl (C=O) groups is 1. The number of nitrogens with one attached hydrogen (secondary N) is 1. The van der Waals surface area contributed by atoms with Crippen molar-refractivity contribution in [3.05, 3.63) is 71.0 Å². The van der Waals surface area contributed by atoms with Gasteiger partial charge in [-0.2, -0.15) is 5.26 Å². The van der Waals surface area contributed by atoms with E-state index in [-0.39, 0.29) is 11.7 Å². The third-order valence-electron chi connectivity index (χ3n) is 3.75. The van der Waals surface area contributed by atoms with Crippen LogP contribution in [0.15, 0.2) is 48.5 Å². The predicted molar refractivity (Wildman–Crippen MR) is 75.9 cm³/mol. The van der Waals surface area contributed by atoms with E-state index in [0.717, 1.165) is 18.4 Å². The molecule has 1 amide bonds. The molecule has 0 aliphatic heterocycles. The summed E-state index contributed by atoms with van der Waals surface area (Å²) in [5, 5.41) is 11.9. The molecule has 0 unspecified atom stereocenters. The standard InChI is InChI=1S/C17H13FN2O/c18-15-6-4-14(5-7-15)17(8-9-17)20-16(21)13-3-1-2-12(10-13)11-19/h1-7,10H,8-9H2,(H,20,21). The lowest BCUT2D eigenvalue weighted by Gasteiger charge is -2.18. The second-order valence-corrected chi connectivity index (χ2v) is 5.24. The molecule has 1 N–H and O–H groups in total. The molecule has 1 saturated carbocycles. The molecule has 3 nitrogen and oxygen atoms in total. The lowest BCUT2D eigenvalue weighted by molar-refractivity contribution is 0.0931. The zero-order valence-electron chi connectivity index (χ0n) is 11.3. The number of rotatable bonds is 3. The number of benzene rings is 2. The summed E-state index contributed by atoms with van der Waals surface area (Å²) in [6, 6.07) is 14.8. The van der Waals surface area contributed by atoms with Crippen molar-refractivity contribution in [2.45, 2.75) is 18.4 Å². The van der Waals surface area contributed by atoms with E-state index < -0.39 is 5.54 Å². The van der Waals surface area contributed by atoms with Gasteiger partial charge < -0.3 is 5.32 Å². The molecule has 0 heterocycles. The van der Waals surface area contributed by atoms with Gasteiger partial charge in [0.05, 0.1) is 17.2 Å². The zero-order chi connectivity index (χ0) is 14.9. The Morgan fingerprint density at radius 1 is 1.19 bits per heavy atom. The third-order valence-corrected chi connectivity index (χ3v) is 3.75. The molecule has 21 heavy (non-hydrogen) atoms. The molecule has 2 aromatic rings. The normalized spacial score (nSPS) is 15.0. The first-order valence-corrected chi connectivity index (χ1v) is 6.72. The number of nitrogens with zero attached hydrogens (tertiary/aromatic N) is 1. The molecule has 0 saturated heterocycles. The first-order valence-electron chi connectivity index (χ1n) is 6.72. The molecule has 0 atom stereocenters. The largest absolute Gasteiger partial charge is 0.343 e. The fourth-order valence-electron chi connectivity index (χ4n) is 2.40. The van der Waals surface area contributed by atoms with Crippen LogP contribution in [0.5, 0.6) is 0 Å². The first kappa shape index (κ1) is 13.3. The van der Waals surface area contributed by atoms with E-state index in [0.29, 0.717) is 11.1 Å². The van der Waals surface area contributed by atoms with Crippen LogP contribution in [0, 0.1) is 17.1 Å². The van der Waals surface area contributed by atoms with Crippen LogP contribution in [0.4, 0.5) is 4.39 Å². The van der Waals surface area contributed by atoms with Gasteiger partial charge in [0, 0.05) is 5.56 Å². The summed E-state index contributed by atoms with van der Waals surface area (Å²) in [6.07, 6.45) is 1.67. The number of halogens is 1. The summed E-state index contributed by atoms with van der Waals surface area (Å²) in [5.74, 6) is -0.503. The molecule has 1 aliphatic rings. The number of nitriles is 1. The molecule has 0 bridgehead atoms. The Balaban J connectivity index is 1.81. The minimum absolute atomic E-state index is 0.214. The molecule has 2 aromatic carbocycles. The van der Waals surface area contributed by atoms with E-state index in [1.807, 2.05) is 6.07 Å². The van der Waals surface area contributed by atoms with Crippen molar-refractivity contribution in [3.63, 3.8) is 0 Å². The molecular weight excluding hydrogens is 267 g/mol. The quantitative estimate of drug-likeness (QED) is 0.939. The van der Waals surface area contributed by atoms with Gasteiger partial charge in [0.1, 0.15) is 5.82 Å². The zero-order valence-corrected chi connectivity index (χ0v) is 11.3. The van der Waals surface area contributed by atoms with Crippen LogP contribution in [-0.2, 0) is 5.54 Å². The van der Waals surface area contributed by atoms with Crippen molar-refractivity contribution in [3.8, 4) is 6.07 Å². The first-order chi connectivity index (χ1) is 10.1. The Labute approximate surface area is 122 Å². The van der Waals surface area contributed by atoms with Gasteiger partial charge in [-0.1, -0.05) is 18.2 Å². The number of amides is 1. The molecule has 0 spiro atoms. The molecule has 1 aliphatic carbocycles. The number of hydrogen-bond acceptors (Lipinski definition) is 2. The second-order valence-electron chi connectivity index (χ2n) is 5.24. The summed E-state index contributed by atoms with van der Waals surface area (Å²) < 4.78 is 13.0. The van der Waals surface area contributed by atoms with E-state index >= 15 is 0 Å². The summed E-state index contributed by atoms with van der Waals surface area (Å²) in [6.45, 7) is 0. The highest BCUT2D eigenvalue weighted by atomic mass is 19.1. The summed E-state index contributed by atoms with van der Waals surface area (Å²) in [5.41, 5.74) is 1.43. The molecule has 0 radical (unpaired) electrons. The predicted octanol–water partition coefficient (Wildman–Crippen LogP) is 3.12. The third kappa shape index (κ3) is 2.63. The minimum atomic E-state index is -0.395. The highest BCUT2D eigenvalue weighted by Gasteiger charge is 2.45. The van der Waals surface area contributed by atoms with Gasteiger partial charge in [-0.15, -0.1) is 0 Å². The fourth-order valence-corrected chi connectivity index (χ4v) is 2.40. The maximum atomic E-state index is 13.0. The average Bonchev–Trinajstić information content (AvgIpc) is 3.28. The van der Waals surface area contributed by atoms with Gasteiger partial charge in [0.25, 0.3) is 5.91 Å². The Bertz CT molecular complexity index is 727. The van der Waals surface area contributed by atoms with Crippen LogP contribution in [0.25, 0.3) is 0 Å². The molecule has 1 fully saturated rings. The molecular formula is C17H13FN2O. The summed E-state index contributed by atoms with van der Waals surface area (Å²) in [4.78, 5) is 12.3. The highest BCUT2D eigenvalue weighted by molar-refractivity contribution is 5.95. The van der Waals surface area contributed by atoms with Crippen LogP contribution in [0.3, 0.4) is 0 Å². The van der Waals surface area contributed by atoms with Gasteiger partial charge in [-0.3, -0.25) is 4.79 Å². The van der Waals surface area contributed by atoms with Crippen molar-refractivity contribution < 1.29 is 9.18 Å². The van der Waals surface area contributed by atoms with Crippen LogP contribution < -0.4 is 5.32 Å². The van der Waals surface area contributed by atoms with E-state index in [1.165, 1.54) is 12.1 Å². The molecule has 104 valence electrons. The number of hydrogen-bond donors (Lipinski definition) is 1. The Hall–Kier alpha value is -2.67. The van der Waals surface area contributed by atoms with E-state index in [1.54, 1.807) is 36.4 Å². The molecule has 3 rings (SSSR count). The van der Waals surface area contributed by atoms with Crippen LogP contribution in [0.2, 0.25) is 0 Å². The Morgan fingerprint density at radius 3 is 2.52 bits per heavy atom. The van der Waals surface area contributed by atoms with Crippen molar-refractivity contribution in [2.24, 2.45) is 0 Å². The number of carbonyl (C=O) groups excluding carboxylic acids is 1. The monoisotopic (exact) mass is 280 g/mol. The highest BCUT2D eigenvalue weighted by Crippen LogP contribution is 2.45. The van der Waals surface area contributed by atoms with E-state index in [9.17, 15) is 9.18 Å². The van der Waals surface area contributed by atoms with Crippen LogP contribution in [0.1, 0.15) is 34.3 Å². The van der Waals surface area contributed by atoms with Gasteiger partial charge in [0.2, 0.25) is 0 Å². The molecule has 4 heteroatoms. The average molecular weight is 280 g/mol. The smallest absolute Gasteiger partial charge is 0.252 e. The van der Waals surface area contributed by atoms with Crippen molar-refractivity contribution in [1.29, 1.82) is 5.26 Å². The van der Waals surface area contributed by atoms with E-state index in [4.69, 9.17) is 5.26 Å². The summed E-state index contributed by atoms with van der Waals surface area (Å²) >= 11 is 0. The lowest BCUT2D eigenvalue weighted by atomic mass is 10.0. The SMILES string of the molecule is N#Cc1cccc(C(=O)NC2(c3ccc(F)cc3)CC2)c1. The van der Waals surface area contributed by atoms with Gasteiger partial charge in [0.15, 0.2) is 0 Å². The van der Waals surface area contributed by atoms with Gasteiger partial charge >= 0.3 is 0 Å². The maximum Gasteiger partial charge on any atom is 0.252 e. The Kier molecular flexibility index (Phi) is 3.19. The van der Waals surface area contributed by atoms with E-state index in [2.05, 4.69) is 5.32 Å². The second kappa shape index (κ2) is 5.02. The summed E-state index contributed by atoms with van der Waals surface area (Å²) in [7, 11) is 0. The lowest BCUT2D eigenvalue weighted by Crippen LogP contribution is -2.34. The minimum Gasteiger partial charge on any atom is -0.343 e. The Morgan fingerprint density at radius 2 is 1.90 bits per heavy atom. The van der Waals surface area contributed by atoms with Crippen molar-refractivity contribution in [1.82, 2.24) is 5.32 Å². The van der Waals surface area contributed by atoms with Crippen molar-refractivity contribution in [2.75, 3.05) is 0 Å². The molecule has 0 aromatic heterocycles. The van der Waals surface area contributed by atoms with Gasteiger partial charge in [-0.25, -0.2) is 4.39 Å². The van der Waals surface area contributed by atoms with Crippen molar-refractivity contribution >= 4 is 5.91 Å². The van der Waals surface area contributed by atoms with Crippen LogP contribution in [-0.4, -0.2) is 5.91 Å². The topological polar surface area (TPSA) is 52.9 Å².